The molecule has 0 fully saturated rings. The number of para-hydroxylation sites is 1. The maximum atomic E-state index is 10.6. The minimum absolute atomic E-state index is 0. The van der Waals surface area contributed by atoms with Crippen LogP contribution in [0.15, 0.2) is 84.9 Å². The Bertz CT molecular complexity index is 842. The van der Waals surface area contributed by atoms with Gasteiger partial charge in [-0.1, -0.05) is 100 Å². The van der Waals surface area contributed by atoms with E-state index in [9.17, 15) is 5.11 Å². The number of unbranched alkanes of at least 4 members (excludes halogenated alkanes) is 7. The van der Waals surface area contributed by atoms with Crippen molar-refractivity contribution >= 4 is 17.9 Å². The molecule has 0 bridgehead atoms. The van der Waals surface area contributed by atoms with Crippen LogP contribution >= 0.6 is 7.26 Å². The summed E-state index contributed by atoms with van der Waals surface area (Å²) in [7, 11) is -1.68. The maximum absolute atomic E-state index is 10.6. The van der Waals surface area contributed by atoms with E-state index in [0.717, 1.165) is 11.7 Å². The van der Waals surface area contributed by atoms with Crippen molar-refractivity contribution in [3.05, 3.63) is 90.5 Å². The van der Waals surface area contributed by atoms with Crippen molar-refractivity contribution in [1.82, 2.24) is 0 Å². The highest BCUT2D eigenvalue weighted by Crippen LogP contribution is 2.60. The molecule has 0 aliphatic carbocycles. The van der Waals surface area contributed by atoms with Gasteiger partial charge in [0.15, 0.2) is 0 Å². The van der Waals surface area contributed by atoms with Gasteiger partial charge >= 0.3 is 0 Å². The molecule has 0 atom stereocenters. The zero-order valence-electron chi connectivity index (χ0n) is 19.4. The van der Waals surface area contributed by atoms with E-state index < -0.39 is 7.26 Å². The predicted octanol–water partition coefficient (Wildman–Crippen LogP) is 4.71. The monoisotopic (exact) mass is 468 g/mol. The average Bonchev–Trinajstić information content (AvgIpc) is 2.82. The number of hydrogen-bond donors (Lipinski definition) is 1. The summed E-state index contributed by atoms with van der Waals surface area (Å²) < 4.78 is 0. The third-order valence-electron chi connectivity index (χ3n) is 6.33. The van der Waals surface area contributed by atoms with Gasteiger partial charge in [0.25, 0.3) is 0 Å². The Balaban J connectivity index is 0.00000363. The lowest BCUT2D eigenvalue weighted by atomic mass is 10.1. The van der Waals surface area contributed by atoms with E-state index in [0.29, 0.717) is 5.75 Å². The first-order valence-corrected chi connectivity index (χ1v) is 14.2. The summed E-state index contributed by atoms with van der Waals surface area (Å²) in [6.07, 6.45) is 12.8. The molecule has 0 radical (unpaired) electrons. The van der Waals surface area contributed by atoms with Crippen molar-refractivity contribution < 1.29 is 17.5 Å². The predicted molar refractivity (Wildman–Crippen MR) is 138 cm³/mol. The summed E-state index contributed by atoms with van der Waals surface area (Å²) in [5.41, 5.74) is 1.07. The molecule has 0 unspecified atom stereocenters. The maximum Gasteiger partial charge on any atom is 0.122 e. The molecule has 1 nitrogen and oxygen atoms in total. The molecule has 0 spiro atoms. The van der Waals surface area contributed by atoms with Crippen molar-refractivity contribution in [3.63, 3.8) is 0 Å². The molecule has 0 aliphatic rings. The van der Waals surface area contributed by atoms with Gasteiger partial charge in [-0.15, -0.1) is 0 Å². The van der Waals surface area contributed by atoms with Crippen LogP contribution in [0.2, 0.25) is 0 Å². The Morgan fingerprint density at radius 2 is 1.06 bits per heavy atom. The lowest BCUT2D eigenvalue weighted by molar-refractivity contribution is -0.00000734. The molecular weight excluding hydrogens is 431 g/mol. The number of aromatic hydroxyl groups is 1. The Kier molecular flexibility index (Phi) is 11.9. The fraction of sp³-hybridized carbons (Fsp3) is 0.379. The lowest BCUT2D eigenvalue weighted by Crippen LogP contribution is -3.00. The van der Waals surface area contributed by atoms with Gasteiger partial charge in [0.2, 0.25) is 0 Å². The van der Waals surface area contributed by atoms with Crippen LogP contribution in [0, 0.1) is 0 Å². The first-order chi connectivity index (χ1) is 15.3. The second-order valence-electron chi connectivity index (χ2n) is 8.62. The highest BCUT2D eigenvalue weighted by molar-refractivity contribution is 7.88. The van der Waals surface area contributed by atoms with Gasteiger partial charge < -0.3 is 17.5 Å². The zero-order chi connectivity index (χ0) is 21.8. The van der Waals surface area contributed by atoms with Crippen molar-refractivity contribution in [3.8, 4) is 5.75 Å². The summed E-state index contributed by atoms with van der Waals surface area (Å²) >= 11 is 0. The summed E-state index contributed by atoms with van der Waals surface area (Å²) in [5, 5.41) is 13.5. The van der Waals surface area contributed by atoms with Gasteiger partial charge in [-0.2, -0.15) is 0 Å². The molecule has 0 saturated heterocycles. The molecule has 0 saturated carbocycles. The Morgan fingerprint density at radius 3 is 1.59 bits per heavy atom. The fourth-order valence-corrected chi connectivity index (χ4v) is 8.98. The molecular formula is C29H38ClOP. The number of rotatable bonds is 13. The average molecular weight is 469 g/mol. The first kappa shape index (κ1) is 26.4. The fourth-order valence-electron chi connectivity index (χ4n) is 4.55. The normalized spacial score (nSPS) is 11.2. The summed E-state index contributed by atoms with van der Waals surface area (Å²) in [6, 6.07) is 30.1. The number of halogens is 1. The van der Waals surface area contributed by atoms with Gasteiger partial charge in [-0.25, -0.2) is 0 Å². The number of hydrogen-bond acceptors (Lipinski definition) is 1. The van der Waals surface area contributed by atoms with Gasteiger partial charge in [-0.05, 0) is 43.2 Å². The minimum Gasteiger partial charge on any atom is -1.00 e. The molecule has 0 aliphatic heterocycles. The van der Waals surface area contributed by atoms with Crippen molar-refractivity contribution in [2.24, 2.45) is 0 Å². The van der Waals surface area contributed by atoms with Gasteiger partial charge in [0.05, 0.1) is 30.2 Å². The van der Waals surface area contributed by atoms with E-state index in [1.165, 1.54) is 68.1 Å². The lowest BCUT2D eigenvalue weighted by Gasteiger charge is -2.28. The van der Waals surface area contributed by atoms with Crippen LogP contribution in [-0.4, -0.2) is 11.3 Å². The molecule has 0 amide bonds. The number of phenols is 1. The summed E-state index contributed by atoms with van der Waals surface area (Å²) in [6.45, 7) is 2.28. The second kappa shape index (κ2) is 14.4. The molecule has 3 heteroatoms. The molecule has 3 rings (SSSR count). The molecule has 32 heavy (non-hydrogen) atoms. The molecule has 1 N–H and O–H groups in total. The van der Waals surface area contributed by atoms with Gasteiger partial charge in [0.1, 0.15) is 5.75 Å². The van der Waals surface area contributed by atoms with E-state index in [4.69, 9.17) is 0 Å². The van der Waals surface area contributed by atoms with Gasteiger partial charge in [0, 0.05) is 5.56 Å². The van der Waals surface area contributed by atoms with E-state index in [-0.39, 0.29) is 12.4 Å². The largest absolute Gasteiger partial charge is 1.00 e. The van der Waals surface area contributed by atoms with E-state index in [2.05, 4.69) is 79.7 Å². The summed E-state index contributed by atoms with van der Waals surface area (Å²) in [5.74, 6) is 0.426. The quantitative estimate of drug-likeness (QED) is 0.284. The minimum atomic E-state index is -1.68. The Labute approximate surface area is 202 Å². The third kappa shape index (κ3) is 7.36. The standard InChI is InChI=1S/C29H37OP.ClH/c1-2-3-4-5-6-7-8-17-24-31(27-19-11-9-12-20-27,28-21-13-10-14-22-28)25-26-18-15-16-23-29(26)30;/h9-16,18-23H,2-8,17,24-25H2,1H3;1H. The van der Waals surface area contributed by atoms with Crippen LogP contribution in [0.3, 0.4) is 0 Å². The molecule has 3 aromatic rings. The van der Waals surface area contributed by atoms with Crippen molar-refractivity contribution in [1.29, 1.82) is 0 Å². The smallest absolute Gasteiger partial charge is 0.122 e. The van der Waals surface area contributed by atoms with Gasteiger partial charge in [-0.3, -0.25) is 0 Å². The topological polar surface area (TPSA) is 20.2 Å². The van der Waals surface area contributed by atoms with Crippen molar-refractivity contribution in [2.45, 2.75) is 64.5 Å². The van der Waals surface area contributed by atoms with Crippen LogP contribution in [0.1, 0.15) is 63.9 Å². The van der Waals surface area contributed by atoms with Crippen molar-refractivity contribution in [2.75, 3.05) is 6.16 Å². The molecule has 172 valence electrons. The van der Waals surface area contributed by atoms with Crippen LogP contribution in [-0.2, 0) is 6.16 Å². The highest BCUT2D eigenvalue weighted by Gasteiger charge is 2.42. The molecule has 0 aromatic heterocycles. The van der Waals surface area contributed by atoms with E-state index in [1.54, 1.807) is 0 Å². The van der Waals surface area contributed by atoms with Crippen LogP contribution in [0.4, 0.5) is 0 Å². The second-order valence-corrected chi connectivity index (χ2v) is 12.4. The third-order valence-corrected chi connectivity index (χ3v) is 10.9. The van der Waals surface area contributed by atoms with E-state index in [1.807, 2.05) is 12.1 Å². The number of benzene rings is 3. The first-order valence-electron chi connectivity index (χ1n) is 12.0. The SMILES string of the molecule is CCCCCCCCCC[P+](Cc1ccccc1O)(c1ccccc1)c1ccccc1.[Cl-]. The van der Waals surface area contributed by atoms with Crippen LogP contribution in [0.5, 0.6) is 5.75 Å². The molecule has 0 heterocycles. The Hall–Kier alpha value is -1.82. The highest BCUT2D eigenvalue weighted by atomic mass is 35.5. The zero-order valence-corrected chi connectivity index (χ0v) is 21.1. The summed E-state index contributed by atoms with van der Waals surface area (Å²) in [4.78, 5) is 0. The molecule has 3 aromatic carbocycles. The van der Waals surface area contributed by atoms with Crippen LogP contribution < -0.4 is 23.0 Å². The van der Waals surface area contributed by atoms with E-state index >= 15 is 0 Å². The Morgan fingerprint density at radius 1 is 0.594 bits per heavy atom. The number of phenolic OH excluding ortho intramolecular Hbond substituents is 1. The van der Waals surface area contributed by atoms with Crippen LogP contribution in [0.25, 0.3) is 0 Å².